The number of carbonyl (C=O) groups excluding carboxylic acids is 1. The first-order valence-corrected chi connectivity index (χ1v) is 15.4. The average Bonchev–Trinajstić information content (AvgIpc) is 3.09. The van der Waals surface area contributed by atoms with Crippen molar-refractivity contribution >= 4 is 25.5 Å². The second-order valence-corrected chi connectivity index (χ2v) is 17.4. The zero-order valence-electron chi connectivity index (χ0n) is 21.2. The lowest BCUT2D eigenvalue weighted by Gasteiger charge is -2.46. The Morgan fingerprint density at radius 2 is 1.91 bits per heavy atom. The van der Waals surface area contributed by atoms with Crippen molar-refractivity contribution in [3.8, 4) is 0 Å². The summed E-state index contributed by atoms with van der Waals surface area (Å²) in [6, 6.07) is -0.196. The fourth-order valence-corrected chi connectivity index (χ4v) is 4.81. The number of nitrogens with zero attached hydrogens (tertiary/aromatic N) is 2. The Hall–Kier alpha value is -1.80. The second-order valence-electron chi connectivity index (χ2n) is 11.7. The summed E-state index contributed by atoms with van der Waals surface area (Å²) in [6.45, 7) is 18.4. The van der Waals surface area contributed by atoms with Gasteiger partial charge in [-0.05, 0) is 65.9 Å². The van der Waals surface area contributed by atoms with Crippen molar-refractivity contribution in [2.45, 2.75) is 103 Å². The maximum Gasteiger partial charge on any atom is 0.408 e. The zero-order valence-corrected chi connectivity index (χ0v) is 22.2. The minimum atomic E-state index is -1.59. The van der Waals surface area contributed by atoms with Crippen LogP contribution in [0.3, 0.4) is 0 Å². The van der Waals surface area contributed by atoms with E-state index in [1.807, 2.05) is 20.8 Å². The third-order valence-electron chi connectivity index (χ3n) is 6.93. The van der Waals surface area contributed by atoms with Crippen molar-refractivity contribution in [2.24, 2.45) is 0 Å². The summed E-state index contributed by atoms with van der Waals surface area (Å²) in [6.07, 6.45) is 5.23. The molecule has 1 aromatic rings. The van der Waals surface area contributed by atoms with Crippen molar-refractivity contribution in [1.82, 2.24) is 10.3 Å². The maximum atomic E-state index is 12.7. The van der Waals surface area contributed by atoms with Crippen molar-refractivity contribution < 1.29 is 14.3 Å². The van der Waals surface area contributed by atoms with Gasteiger partial charge in [-0.25, -0.2) is 4.79 Å². The monoisotopic (exact) mass is 462 g/mol. The van der Waals surface area contributed by atoms with Crippen LogP contribution in [0.15, 0.2) is 6.20 Å². The molecule has 2 heterocycles. The molecule has 1 aliphatic heterocycles. The molecule has 0 saturated carbocycles. The Labute approximate surface area is 194 Å². The number of nitrogens with one attached hydrogen (secondary N) is 1. The first kappa shape index (κ1) is 24.8. The van der Waals surface area contributed by atoms with Gasteiger partial charge in [0.2, 0.25) is 0 Å². The maximum absolute atomic E-state index is 12.7. The van der Waals surface area contributed by atoms with Crippen molar-refractivity contribution in [3.05, 3.63) is 17.5 Å². The van der Waals surface area contributed by atoms with Crippen LogP contribution in [0.4, 0.5) is 16.2 Å². The molecule has 0 aromatic carbocycles. The third-order valence-corrected chi connectivity index (χ3v) is 10.7. The topological polar surface area (TPSA) is 89.7 Å². The van der Waals surface area contributed by atoms with Gasteiger partial charge < -0.3 is 25.4 Å². The minimum Gasteiger partial charge on any atom is -0.444 e. The van der Waals surface area contributed by atoms with Gasteiger partial charge in [0.15, 0.2) is 0 Å². The molecule has 1 aromatic heterocycles. The van der Waals surface area contributed by atoms with Gasteiger partial charge in [-0.15, -0.1) is 0 Å². The van der Waals surface area contributed by atoms with E-state index < -0.39 is 19.8 Å². The molecule has 1 amide bonds. The second kappa shape index (κ2) is 8.86. The Morgan fingerprint density at radius 1 is 1.22 bits per heavy atom. The number of nitrogens with two attached hydrogens (primary N) is 1. The first-order valence-electron chi connectivity index (χ1n) is 11.9. The van der Waals surface area contributed by atoms with Crippen LogP contribution in [0.25, 0.3) is 0 Å². The van der Waals surface area contributed by atoms with E-state index >= 15 is 0 Å². The van der Waals surface area contributed by atoms with Crippen LogP contribution in [0.5, 0.6) is 0 Å². The summed E-state index contributed by atoms with van der Waals surface area (Å²) >= 11 is 0. The van der Waals surface area contributed by atoms with Gasteiger partial charge in [0.25, 0.3) is 0 Å². The lowest BCUT2D eigenvalue weighted by Crippen LogP contribution is -2.61. The minimum absolute atomic E-state index is 0.0865. The number of carbonyl (C=O) groups is 1. The number of alkyl carbamates (subject to hydrolysis) is 1. The molecule has 3 rings (SSSR count). The summed E-state index contributed by atoms with van der Waals surface area (Å²) < 4.78 is 12.3. The van der Waals surface area contributed by atoms with Gasteiger partial charge in [-0.3, -0.25) is 4.98 Å². The fourth-order valence-electron chi connectivity index (χ4n) is 4.31. The predicted molar refractivity (Wildman–Crippen MR) is 133 cm³/mol. The molecule has 32 heavy (non-hydrogen) atoms. The van der Waals surface area contributed by atoms with E-state index in [4.69, 9.17) is 15.2 Å². The highest BCUT2D eigenvalue weighted by atomic mass is 28.3. The van der Waals surface area contributed by atoms with Crippen LogP contribution in [0, 0.1) is 0 Å². The largest absolute Gasteiger partial charge is 0.444 e. The highest BCUT2D eigenvalue weighted by Crippen LogP contribution is 2.37. The standard InChI is InChI=1S/C24H42N4O3Si/c1-23(2,3)31-22(29)27-19-15-28(13-12-20(19)30-24(4,5)32(6,7)8)21-16-10-9-11-18(16)26-14-17(21)25/h14,19-20H,9-13,15,25H2,1-8H3,(H,27,29)/t19-,20-/m0/s1. The molecule has 3 N–H and O–H groups in total. The Bertz CT molecular complexity index is 845. The van der Waals surface area contributed by atoms with E-state index in [9.17, 15) is 4.79 Å². The SMILES string of the molecule is CC(C)(C)OC(=O)N[C@H]1CN(c2c(N)cnc3c2CCC3)CC[C@@H]1OC(C)(C)[Si](C)(C)C. The number of rotatable bonds is 5. The van der Waals surface area contributed by atoms with Crippen LogP contribution in [-0.2, 0) is 22.3 Å². The van der Waals surface area contributed by atoms with Crippen LogP contribution in [0.2, 0.25) is 19.6 Å². The number of fused-ring (bicyclic) bond motifs is 1. The van der Waals surface area contributed by atoms with Crippen LogP contribution in [-0.4, -0.2) is 55.2 Å². The number of aryl methyl sites for hydroxylation is 1. The van der Waals surface area contributed by atoms with Crippen molar-refractivity contribution in [1.29, 1.82) is 0 Å². The zero-order chi connectivity index (χ0) is 23.9. The van der Waals surface area contributed by atoms with E-state index in [0.29, 0.717) is 12.2 Å². The summed E-state index contributed by atoms with van der Waals surface area (Å²) in [5.74, 6) is 0. The van der Waals surface area contributed by atoms with Gasteiger partial charge in [0.1, 0.15) is 5.60 Å². The predicted octanol–water partition coefficient (Wildman–Crippen LogP) is 4.30. The van der Waals surface area contributed by atoms with Crippen molar-refractivity contribution in [2.75, 3.05) is 23.7 Å². The quantitative estimate of drug-likeness (QED) is 0.634. The number of amides is 1. The molecule has 0 spiro atoms. The molecular weight excluding hydrogens is 420 g/mol. The van der Waals surface area contributed by atoms with E-state index in [2.05, 4.69) is 48.7 Å². The third kappa shape index (κ3) is 5.57. The number of hydrogen-bond donors (Lipinski definition) is 2. The van der Waals surface area contributed by atoms with Crippen LogP contribution < -0.4 is 16.0 Å². The number of pyridine rings is 1. The highest BCUT2D eigenvalue weighted by molar-refractivity contribution is 6.78. The van der Waals surface area contributed by atoms with E-state index in [1.165, 1.54) is 5.56 Å². The number of ether oxygens (including phenoxy) is 2. The molecule has 2 atom stereocenters. The van der Waals surface area contributed by atoms with Gasteiger partial charge in [0.05, 0.1) is 43.0 Å². The molecule has 1 aliphatic carbocycles. The molecular formula is C24H42N4O3Si. The molecule has 0 bridgehead atoms. The Morgan fingerprint density at radius 3 is 2.53 bits per heavy atom. The molecule has 8 heteroatoms. The van der Waals surface area contributed by atoms with E-state index in [0.717, 1.165) is 43.6 Å². The molecule has 0 radical (unpaired) electrons. The summed E-state index contributed by atoms with van der Waals surface area (Å²) in [4.78, 5) is 19.6. The molecule has 1 saturated heterocycles. The Balaban J connectivity index is 1.85. The number of aromatic nitrogens is 1. The van der Waals surface area contributed by atoms with E-state index in [-0.39, 0.29) is 17.4 Å². The molecule has 0 unspecified atom stereocenters. The van der Waals surface area contributed by atoms with Crippen LogP contribution >= 0.6 is 0 Å². The molecule has 7 nitrogen and oxygen atoms in total. The average molecular weight is 463 g/mol. The van der Waals surface area contributed by atoms with Gasteiger partial charge in [-0.1, -0.05) is 19.6 Å². The van der Waals surface area contributed by atoms with Crippen molar-refractivity contribution in [3.63, 3.8) is 0 Å². The summed E-state index contributed by atoms with van der Waals surface area (Å²) in [5.41, 5.74) is 10.1. The lowest BCUT2D eigenvalue weighted by molar-refractivity contribution is -0.0536. The molecule has 2 aliphatic rings. The smallest absolute Gasteiger partial charge is 0.408 e. The normalized spacial score (nSPS) is 21.9. The molecule has 1 fully saturated rings. The summed E-state index contributed by atoms with van der Waals surface area (Å²) in [7, 11) is -1.59. The van der Waals surface area contributed by atoms with Crippen LogP contribution in [0.1, 0.15) is 58.7 Å². The van der Waals surface area contributed by atoms with Gasteiger partial charge >= 0.3 is 6.09 Å². The molecule has 180 valence electrons. The summed E-state index contributed by atoms with van der Waals surface area (Å²) in [5, 5.41) is 2.90. The number of nitrogen functional groups attached to an aromatic ring is 1. The highest BCUT2D eigenvalue weighted by Gasteiger charge is 2.42. The van der Waals surface area contributed by atoms with E-state index in [1.54, 1.807) is 6.20 Å². The number of anilines is 2. The fraction of sp³-hybridized carbons (Fsp3) is 0.750. The first-order chi connectivity index (χ1) is 14.7. The van der Waals surface area contributed by atoms with Gasteiger partial charge in [0, 0.05) is 18.8 Å². The van der Waals surface area contributed by atoms with Gasteiger partial charge in [-0.2, -0.15) is 0 Å². The lowest BCUT2D eigenvalue weighted by atomic mass is 9.99. The number of piperidine rings is 1. The number of hydrogen-bond acceptors (Lipinski definition) is 6. The Kier molecular flexibility index (Phi) is 6.87.